The van der Waals surface area contributed by atoms with Gasteiger partial charge in [0.05, 0.1) is 0 Å². The van der Waals surface area contributed by atoms with E-state index in [9.17, 15) is 4.79 Å². The Morgan fingerprint density at radius 1 is 1.39 bits per heavy atom. The van der Waals surface area contributed by atoms with E-state index in [0.29, 0.717) is 6.42 Å². The molecule has 0 unspecified atom stereocenters. The predicted molar refractivity (Wildman–Crippen MR) is 71.3 cm³/mol. The Balaban J connectivity index is 4.02. The Kier molecular flexibility index (Phi) is 7.90. The Morgan fingerprint density at radius 3 is 2.72 bits per heavy atom. The summed E-state index contributed by atoms with van der Waals surface area (Å²) in [5.41, 5.74) is -0.350. The van der Waals surface area contributed by atoms with Crippen molar-refractivity contribution in [2.24, 2.45) is 0 Å². The average molecular weight is 246 g/mol. The van der Waals surface area contributed by atoms with E-state index in [2.05, 4.69) is 22.7 Å². The van der Waals surface area contributed by atoms with E-state index in [1.165, 1.54) is 6.08 Å². The molecule has 0 aliphatic carbocycles. The van der Waals surface area contributed by atoms with E-state index >= 15 is 0 Å². The highest BCUT2D eigenvalue weighted by molar-refractivity contribution is 5.82. The summed E-state index contributed by atoms with van der Waals surface area (Å²) in [5.74, 6) is 4.43. The van der Waals surface area contributed by atoms with Gasteiger partial charge in [-0.05, 0) is 13.8 Å². The molecule has 0 aromatic carbocycles. The van der Waals surface area contributed by atoms with Crippen molar-refractivity contribution in [3.63, 3.8) is 0 Å². The van der Waals surface area contributed by atoms with Crippen LogP contribution in [0.2, 0.25) is 0 Å². The molecule has 18 heavy (non-hydrogen) atoms. The first-order valence-electron chi connectivity index (χ1n) is 5.55. The van der Waals surface area contributed by atoms with Crippen molar-refractivity contribution in [3.05, 3.63) is 24.3 Å². The SMILES string of the molecule is C#CCOC(=O)C=CC=CCC(C)(C)OC#CC. The van der Waals surface area contributed by atoms with Gasteiger partial charge in [0.15, 0.2) is 6.61 Å². The van der Waals surface area contributed by atoms with Crippen molar-refractivity contribution in [1.29, 1.82) is 0 Å². The molecule has 0 aliphatic rings. The molecule has 0 fully saturated rings. The van der Waals surface area contributed by atoms with Crippen molar-refractivity contribution < 1.29 is 14.3 Å². The molecular weight excluding hydrogens is 228 g/mol. The maximum absolute atomic E-state index is 11.0. The molecule has 0 spiro atoms. The summed E-state index contributed by atoms with van der Waals surface area (Å²) in [6.45, 7) is 5.58. The van der Waals surface area contributed by atoms with Crippen molar-refractivity contribution in [2.45, 2.75) is 32.8 Å². The minimum absolute atomic E-state index is 0.0105. The summed E-state index contributed by atoms with van der Waals surface area (Å²) < 4.78 is 9.96. The summed E-state index contributed by atoms with van der Waals surface area (Å²) in [7, 11) is 0. The summed E-state index contributed by atoms with van der Waals surface area (Å²) in [6.07, 6.45) is 14.8. The molecule has 0 bridgehead atoms. The molecule has 3 heteroatoms. The van der Waals surface area contributed by atoms with Crippen LogP contribution in [0.1, 0.15) is 27.2 Å². The van der Waals surface area contributed by atoms with Crippen LogP contribution in [0.5, 0.6) is 0 Å². The second kappa shape index (κ2) is 8.96. The lowest BCUT2D eigenvalue weighted by Gasteiger charge is -2.19. The van der Waals surface area contributed by atoms with Gasteiger partial charge < -0.3 is 9.47 Å². The lowest BCUT2D eigenvalue weighted by Crippen LogP contribution is -2.20. The first-order chi connectivity index (χ1) is 8.52. The Bertz CT molecular complexity index is 411. The second-order valence-electron chi connectivity index (χ2n) is 4.02. The van der Waals surface area contributed by atoms with E-state index in [1.54, 1.807) is 19.1 Å². The van der Waals surface area contributed by atoms with E-state index in [0.717, 1.165) is 0 Å². The van der Waals surface area contributed by atoms with Crippen LogP contribution in [0, 0.1) is 24.4 Å². The number of esters is 1. The Hall–Kier alpha value is -2.13. The van der Waals surface area contributed by atoms with Gasteiger partial charge in [-0.1, -0.05) is 30.1 Å². The van der Waals surface area contributed by atoms with Crippen LogP contribution >= 0.6 is 0 Å². The third-order valence-electron chi connectivity index (χ3n) is 1.82. The highest BCUT2D eigenvalue weighted by Gasteiger charge is 2.15. The number of terminal acetylenes is 1. The minimum atomic E-state index is -0.454. The smallest absolute Gasteiger partial charge is 0.331 e. The number of carbonyl (C=O) groups excluding carboxylic acids is 1. The second-order valence-corrected chi connectivity index (χ2v) is 4.02. The van der Waals surface area contributed by atoms with E-state index in [-0.39, 0.29) is 12.2 Å². The van der Waals surface area contributed by atoms with Crippen LogP contribution in [-0.2, 0) is 14.3 Å². The zero-order chi connectivity index (χ0) is 13.9. The molecule has 0 aromatic heterocycles. The van der Waals surface area contributed by atoms with E-state index in [1.807, 2.05) is 19.9 Å². The first kappa shape index (κ1) is 15.9. The van der Waals surface area contributed by atoms with Gasteiger partial charge in [0.2, 0.25) is 0 Å². The fraction of sp³-hybridized carbons (Fsp3) is 0.400. The Labute approximate surface area is 109 Å². The van der Waals surface area contributed by atoms with Crippen molar-refractivity contribution in [3.8, 4) is 24.4 Å². The monoisotopic (exact) mass is 246 g/mol. The molecule has 0 rings (SSSR count). The summed E-state index contributed by atoms with van der Waals surface area (Å²) >= 11 is 0. The zero-order valence-corrected chi connectivity index (χ0v) is 11.0. The van der Waals surface area contributed by atoms with E-state index in [4.69, 9.17) is 11.2 Å². The summed E-state index contributed by atoms with van der Waals surface area (Å²) in [6, 6.07) is 0. The zero-order valence-electron chi connectivity index (χ0n) is 11.0. The molecule has 0 saturated heterocycles. The van der Waals surface area contributed by atoms with Crippen molar-refractivity contribution in [2.75, 3.05) is 6.61 Å². The third kappa shape index (κ3) is 9.12. The van der Waals surface area contributed by atoms with Gasteiger partial charge in [-0.3, -0.25) is 0 Å². The topological polar surface area (TPSA) is 35.5 Å². The van der Waals surface area contributed by atoms with Crippen LogP contribution in [0.15, 0.2) is 24.3 Å². The van der Waals surface area contributed by atoms with Crippen LogP contribution < -0.4 is 0 Å². The average Bonchev–Trinajstić information content (AvgIpc) is 2.33. The van der Waals surface area contributed by atoms with E-state index < -0.39 is 5.97 Å². The number of carbonyl (C=O) groups is 1. The minimum Gasteiger partial charge on any atom is -0.449 e. The molecule has 0 amide bonds. The number of allylic oxidation sites excluding steroid dienone is 2. The fourth-order valence-corrected chi connectivity index (χ4v) is 0.956. The fourth-order valence-electron chi connectivity index (χ4n) is 0.956. The van der Waals surface area contributed by atoms with Gasteiger partial charge in [0.25, 0.3) is 0 Å². The molecule has 0 saturated carbocycles. The van der Waals surface area contributed by atoms with Crippen LogP contribution in [0.3, 0.4) is 0 Å². The van der Waals surface area contributed by atoms with Gasteiger partial charge in [0.1, 0.15) is 11.7 Å². The molecule has 0 aromatic rings. The number of hydrogen-bond donors (Lipinski definition) is 0. The van der Waals surface area contributed by atoms with Gasteiger partial charge in [-0.15, -0.1) is 6.42 Å². The molecule has 0 N–H and O–H groups in total. The standard InChI is InChI=1S/C15H18O3/c1-5-12-17-14(16)10-8-7-9-11-15(3,4)18-13-6-2/h1,7-10H,11-12H2,2-4H3. The van der Waals surface area contributed by atoms with Crippen LogP contribution in [0.25, 0.3) is 0 Å². The largest absolute Gasteiger partial charge is 0.449 e. The van der Waals surface area contributed by atoms with Gasteiger partial charge in [0, 0.05) is 19.4 Å². The summed E-state index contributed by atoms with van der Waals surface area (Å²) in [5, 5.41) is 0. The molecule has 0 radical (unpaired) electrons. The highest BCUT2D eigenvalue weighted by atomic mass is 16.5. The maximum Gasteiger partial charge on any atom is 0.331 e. The van der Waals surface area contributed by atoms with Crippen molar-refractivity contribution in [1.82, 2.24) is 0 Å². The third-order valence-corrected chi connectivity index (χ3v) is 1.82. The molecular formula is C15H18O3. The quantitative estimate of drug-likeness (QED) is 0.312. The van der Waals surface area contributed by atoms with Gasteiger partial charge >= 0.3 is 5.97 Å². The molecule has 0 heterocycles. The Morgan fingerprint density at radius 2 is 2.11 bits per heavy atom. The van der Waals surface area contributed by atoms with Gasteiger partial charge in [-0.25, -0.2) is 4.79 Å². The predicted octanol–water partition coefficient (Wildman–Crippen LogP) is 2.44. The highest BCUT2D eigenvalue weighted by Crippen LogP contribution is 2.14. The number of hydrogen-bond acceptors (Lipinski definition) is 3. The molecule has 0 atom stereocenters. The number of rotatable bonds is 6. The first-order valence-corrected chi connectivity index (χ1v) is 5.55. The lowest BCUT2D eigenvalue weighted by atomic mass is 10.1. The molecule has 0 aliphatic heterocycles. The molecule has 96 valence electrons. The van der Waals surface area contributed by atoms with Crippen LogP contribution in [-0.4, -0.2) is 18.2 Å². The van der Waals surface area contributed by atoms with Crippen molar-refractivity contribution >= 4 is 5.97 Å². The summed E-state index contributed by atoms with van der Waals surface area (Å²) in [4.78, 5) is 11.0. The molecule has 3 nitrogen and oxygen atoms in total. The maximum atomic E-state index is 11.0. The van der Waals surface area contributed by atoms with Crippen LogP contribution in [0.4, 0.5) is 0 Å². The normalized spacial score (nSPS) is 10.8. The van der Waals surface area contributed by atoms with Gasteiger partial charge in [-0.2, -0.15) is 0 Å². The lowest BCUT2D eigenvalue weighted by molar-refractivity contribution is -0.136. The number of ether oxygens (including phenoxy) is 2.